The SMILES string of the molecule is Brc1ccc(SC2CCNCC2)nc1. The molecular formula is C10H13BrN2S. The Bertz CT molecular complexity index is 283. The number of pyridine rings is 1. The summed E-state index contributed by atoms with van der Waals surface area (Å²) < 4.78 is 1.05. The summed E-state index contributed by atoms with van der Waals surface area (Å²) in [5, 5.41) is 5.25. The second-order valence-electron chi connectivity index (χ2n) is 3.38. The zero-order valence-electron chi connectivity index (χ0n) is 7.87. The first-order chi connectivity index (χ1) is 6.84. The molecule has 0 aliphatic carbocycles. The fourth-order valence-corrected chi connectivity index (χ4v) is 2.82. The van der Waals surface area contributed by atoms with Crippen LogP contribution in [0.3, 0.4) is 0 Å². The Morgan fingerprint density at radius 1 is 1.36 bits per heavy atom. The summed E-state index contributed by atoms with van der Waals surface area (Å²) in [6.07, 6.45) is 4.37. The van der Waals surface area contributed by atoms with E-state index in [1.54, 1.807) is 0 Å². The van der Waals surface area contributed by atoms with Crippen LogP contribution < -0.4 is 5.32 Å². The summed E-state index contributed by atoms with van der Waals surface area (Å²) in [5.74, 6) is 0. The zero-order chi connectivity index (χ0) is 9.80. The van der Waals surface area contributed by atoms with Gasteiger partial charge in [-0.25, -0.2) is 4.98 Å². The molecule has 2 rings (SSSR count). The minimum Gasteiger partial charge on any atom is -0.317 e. The molecule has 1 aliphatic heterocycles. The number of rotatable bonds is 2. The molecule has 0 spiro atoms. The number of hydrogen-bond acceptors (Lipinski definition) is 3. The Balaban J connectivity index is 1.92. The third-order valence-electron chi connectivity index (χ3n) is 2.27. The van der Waals surface area contributed by atoms with Gasteiger partial charge in [-0.05, 0) is 54.0 Å². The summed E-state index contributed by atoms with van der Waals surface area (Å²) in [6, 6.07) is 4.13. The first kappa shape index (κ1) is 10.5. The van der Waals surface area contributed by atoms with Gasteiger partial charge in [0.25, 0.3) is 0 Å². The molecule has 14 heavy (non-hydrogen) atoms. The van der Waals surface area contributed by atoms with E-state index in [0.717, 1.165) is 27.8 Å². The minimum atomic E-state index is 0.741. The summed E-state index contributed by atoms with van der Waals surface area (Å²) in [7, 11) is 0. The maximum Gasteiger partial charge on any atom is 0.0963 e. The maximum absolute atomic E-state index is 4.37. The molecule has 1 N–H and O–H groups in total. The fourth-order valence-electron chi connectivity index (χ4n) is 1.52. The van der Waals surface area contributed by atoms with Gasteiger partial charge in [0.2, 0.25) is 0 Å². The lowest BCUT2D eigenvalue weighted by Gasteiger charge is -2.21. The second-order valence-corrected chi connectivity index (χ2v) is 5.62. The van der Waals surface area contributed by atoms with E-state index in [1.807, 2.05) is 18.0 Å². The van der Waals surface area contributed by atoms with Gasteiger partial charge in [-0.3, -0.25) is 0 Å². The normalized spacial score (nSPS) is 18.4. The molecule has 2 nitrogen and oxygen atoms in total. The molecule has 1 aromatic heterocycles. The predicted octanol–water partition coefficient (Wildman–Crippen LogP) is 2.69. The third-order valence-corrected chi connectivity index (χ3v) is 4.03. The first-order valence-electron chi connectivity index (χ1n) is 4.83. The van der Waals surface area contributed by atoms with Gasteiger partial charge in [0.15, 0.2) is 0 Å². The third kappa shape index (κ3) is 2.97. The molecule has 0 bridgehead atoms. The largest absolute Gasteiger partial charge is 0.317 e. The van der Waals surface area contributed by atoms with Gasteiger partial charge in [-0.15, -0.1) is 11.8 Å². The van der Waals surface area contributed by atoms with Crippen molar-refractivity contribution in [3.63, 3.8) is 0 Å². The van der Waals surface area contributed by atoms with Crippen LogP contribution in [-0.4, -0.2) is 23.3 Å². The van der Waals surface area contributed by atoms with E-state index in [9.17, 15) is 0 Å². The zero-order valence-corrected chi connectivity index (χ0v) is 10.3. The molecule has 1 aromatic rings. The van der Waals surface area contributed by atoms with Gasteiger partial charge >= 0.3 is 0 Å². The molecule has 0 radical (unpaired) electrons. The van der Waals surface area contributed by atoms with E-state index in [-0.39, 0.29) is 0 Å². The Kier molecular flexibility index (Phi) is 3.84. The highest BCUT2D eigenvalue weighted by Gasteiger charge is 2.14. The summed E-state index contributed by atoms with van der Waals surface area (Å²) >= 11 is 5.29. The topological polar surface area (TPSA) is 24.9 Å². The van der Waals surface area contributed by atoms with Gasteiger partial charge in [0.05, 0.1) is 5.03 Å². The number of piperidine rings is 1. The van der Waals surface area contributed by atoms with Crippen molar-refractivity contribution in [1.82, 2.24) is 10.3 Å². The monoisotopic (exact) mass is 272 g/mol. The lowest BCUT2D eigenvalue weighted by Crippen LogP contribution is -2.29. The molecule has 0 saturated carbocycles. The molecular weight excluding hydrogens is 260 g/mol. The van der Waals surface area contributed by atoms with Crippen LogP contribution in [-0.2, 0) is 0 Å². The lowest BCUT2D eigenvalue weighted by molar-refractivity contribution is 0.531. The molecule has 4 heteroatoms. The Labute approximate surface area is 97.0 Å². The summed E-state index contributed by atoms with van der Waals surface area (Å²) in [4.78, 5) is 4.37. The van der Waals surface area contributed by atoms with E-state index in [2.05, 4.69) is 38.4 Å². The van der Waals surface area contributed by atoms with Crippen LogP contribution >= 0.6 is 27.7 Å². The van der Waals surface area contributed by atoms with Crippen molar-refractivity contribution in [1.29, 1.82) is 0 Å². The Morgan fingerprint density at radius 2 is 2.14 bits per heavy atom. The average molecular weight is 273 g/mol. The van der Waals surface area contributed by atoms with Crippen molar-refractivity contribution in [2.24, 2.45) is 0 Å². The van der Waals surface area contributed by atoms with Gasteiger partial charge in [0.1, 0.15) is 0 Å². The molecule has 76 valence electrons. The number of hydrogen-bond donors (Lipinski definition) is 1. The number of thioether (sulfide) groups is 1. The van der Waals surface area contributed by atoms with E-state index in [4.69, 9.17) is 0 Å². The van der Waals surface area contributed by atoms with Gasteiger partial charge < -0.3 is 5.32 Å². The fraction of sp³-hybridized carbons (Fsp3) is 0.500. The molecule has 1 aliphatic rings. The molecule has 0 aromatic carbocycles. The van der Waals surface area contributed by atoms with Crippen molar-refractivity contribution in [3.8, 4) is 0 Å². The van der Waals surface area contributed by atoms with Crippen molar-refractivity contribution in [2.45, 2.75) is 23.1 Å². The number of nitrogens with zero attached hydrogens (tertiary/aromatic N) is 1. The minimum absolute atomic E-state index is 0.741. The smallest absolute Gasteiger partial charge is 0.0963 e. The second kappa shape index (κ2) is 5.14. The van der Waals surface area contributed by atoms with Crippen LogP contribution in [0.5, 0.6) is 0 Å². The van der Waals surface area contributed by atoms with Crippen molar-refractivity contribution < 1.29 is 0 Å². The van der Waals surface area contributed by atoms with Gasteiger partial charge in [-0.2, -0.15) is 0 Å². The van der Waals surface area contributed by atoms with E-state index in [1.165, 1.54) is 12.8 Å². The van der Waals surface area contributed by atoms with E-state index < -0.39 is 0 Å². The highest BCUT2D eigenvalue weighted by atomic mass is 79.9. The Hall–Kier alpha value is -0.0600. The van der Waals surface area contributed by atoms with Crippen molar-refractivity contribution >= 4 is 27.7 Å². The van der Waals surface area contributed by atoms with Gasteiger partial charge in [0, 0.05) is 15.9 Å². The highest BCUT2D eigenvalue weighted by molar-refractivity contribution is 9.10. The van der Waals surface area contributed by atoms with Crippen LogP contribution in [0.2, 0.25) is 0 Å². The summed E-state index contributed by atoms with van der Waals surface area (Å²) in [5.41, 5.74) is 0. The maximum atomic E-state index is 4.37. The van der Waals surface area contributed by atoms with Gasteiger partial charge in [-0.1, -0.05) is 0 Å². The summed E-state index contributed by atoms with van der Waals surface area (Å²) in [6.45, 7) is 2.29. The first-order valence-corrected chi connectivity index (χ1v) is 6.51. The van der Waals surface area contributed by atoms with Crippen LogP contribution in [0.1, 0.15) is 12.8 Å². The number of halogens is 1. The lowest BCUT2D eigenvalue weighted by atomic mass is 10.2. The van der Waals surface area contributed by atoms with Crippen LogP contribution in [0.25, 0.3) is 0 Å². The highest BCUT2D eigenvalue weighted by Crippen LogP contribution is 2.27. The van der Waals surface area contributed by atoms with Crippen molar-refractivity contribution in [3.05, 3.63) is 22.8 Å². The predicted molar refractivity (Wildman–Crippen MR) is 63.7 cm³/mol. The Morgan fingerprint density at radius 3 is 2.79 bits per heavy atom. The number of nitrogens with one attached hydrogen (secondary N) is 1. The molecule has 1 fully saturated rings. The molecule has 2 heterocycles. The molecule has 1 saturated heterocycles. The van der Waals surface area contributed by atoms with Crippen LogP contribution in [0.15, 0.2) is 27.8 Å². The quantitative estimate of drug-likeness (QED) is 0.896. The van der Waals surface area contributed by atoms with Crippen molar-refractivity contribution in [2.75, 3.05) is 13.1 Å². The average Bonchev–Trinajstić information content (AvgIpc) is 2.23. The molecule has 0 amide bonds. The van der Waals surface area contributed by atoms with E-state index in [0.29, 0.717) is 0 Å². The molecule has 0 unspecified atom stereocenters. The standard InChI is InChI=1S/C10H13BrN2S/c11-8-1-2-10(13-7-8)14-9-3-5-12-6-4-9/h1-2,7,9,12H,3-6H2. The van der Waals surface area contributed by atoms with Crippen LogP contribution in [0.4, 0.5) is 0 Å². The van der Waals surface area contributed by atoms with Crippen LogP contribution in [0, 0.1) is 0 Å². The number of aromatic nitrogens is 1. The van der Waals surface area contributed by atoms with E-state index >= 15 is 0 Å². The molecule has 0 atom stereocenters.